The second kappa shape index (κ2) is 5.89. The maximum absolute atomic E-state index is 4.66. The van der Waals surface area contributed by atoms with Crippen molar-refractivity contribution in [2.24, 2.45) is 0 Å². The standard InChI is InChI=1S/C15H17N3S2/c1-3-10-8-12-14(16-9-11-6-5-7-19-11)17-13(4-2)18-15(12)20-10/h5-8H,3-4,9H2,1-2H3,(H,16,17,18). The highest BCUT2D eigenvalue weighted by Crippen LogP contribution is 2.29. The van der Waals surface area contributed by atoms with Crippen molar-refractivity contribution in [1.82, 2.24) is 9.97 Å². The van der Waals surface area contributed by atoms with Gasteiger partial charge in [0.05, 0.1) is 11.9 Å². The summed E-state index contributed by atoms with van der Waals surface area (Å²) in [7, 11) is 0. The monoisotopic (exact) mass is 303 g/mol. The number of thiophene rings is 2. The Balaban J connectivity index is 1.96. The van der Waals surface area contributed by atoms with Gasteiger partial charge in [0.25, 0.3) is 0 Å². The Hall–Kier alpha value is -1.46. The molecule has 3 heterocycles. The first-order chi connectivity index (χ1) is 9.80. The molecular formula is C15H17N3S2. The number of nitrogens with zero attached hydrogens (tertiary/aromatic N) is 2. The molecule has 3 aromatic heterocycles. The van der Waals surface area contributed by atoms with Crippen molar-refractivity contribution in [3.8, 4) is 0 Å². The van der Waals surface area contributed by atoms with Gasteiger partial charge in [-0.25, -0.2) is 9.97 Å². The summed E-state index contributed by atoms with van der Waals surface area (Å²) in [5.41, 5.74) is 0. The van der Waals surface area contributed by atoms with Crippen LogP contribution in [-0.4, -0.2) is 9.97 Å². The fraction of sp³-hybridized carbons (Fsp3) is 0.333. The second-order valence-corrected chi connectivity index (χ2v) is 6.71. The van der Waals surface area contributed by atoms with E-state index in [2.05, 4.69) is 52.7 Å². The molecule has 0 saturated carbocycles. The molecular weight excluding hydrogens is 286 g/mol. The molecule has 0 amide bonds. The molecule has 5 heteroatoms. The Kier molecular flexibility index (Phi) is 3.98. The van der Waals surface area contributed by atoms with Crippen LogP contribution in [-0.2, 0) is 19.4 Å². The van der Waals surface area contributed by atoms with E-state index in [9.17, 15) is 0 Å². The summed E-state index contributed by atoms with van der Waals surface area (Å²) in [4.78, 5) is 13.1. The zero-order valence-electron chi connectivity index (χ0n) is 11.6. The number of fused-ring (bicyclic) bond motifs is 1. The molecule has 0 fully saturated rings. The third kappa shape index (κ3) is 2.69. The number of anilines is 1. The van der Waals surface area contributed by atoms with Gasteiger partial charge in [-0.2, -0.15) is 0 Å². The van der Waals surface area contributed by atoms with Crippen LogP contribution in [0.4, 0.5) is 5.82 Å². The first-order valence-electron chi connectivity index (χ1n) is 6.85. The van der Waals surface area contributed by atoms with Crippen molar-refractivity contribution in [1.29, 1.82) is 0 Å². The predicted molar refractivity (Wildman–Crippen MR) is 87.8 cm³/mol. The van der Waals surface area contributed by atoms with Gasteiger partial charge in [0.1, 0.15) is 16.5 Å². The van der Waals surface area contributed by atoms with Gasteiger partial charge in [0, 0.05) is 16.2 Å². The molecule has 3 nitrogen and oxygen atoms in total. The Morgan fingerprint density at radius 1 is 1.15 bits per heavy atom. The lowest BCUT2D eigenvalue weighted by atomic mass is 10.3. The average Bonchev–Trinajstić information content (AvgIpc) is 3.12. The number of hydrogen-bond acceptors (Lipinski definition) is 5. The lowest BCUT2D eigenvalue weighted by Gasteiger charge is -2.07. The summed E-state index contributed by atoms with van der Waals surface area (Å²) in [5.74, 6) is 1.88. The van der Waals surface area contributed by atoms with Gasteiger partial charge >= 0.3 is 0 Å². The van der Waals surface area contributed by atoms with Crippen LogP contribution >= 0.6 is 22.7 Å². The van der Waals surface area contributed by atoms with Crippen molar-refractivity contribution < 1.29 is 0 Å². The lowest BCUT2D eigenvalue weighted by Crippen LogP contribution is -2.03. The van der Waals surface area contributed by atoms with Crippen LogP contribution in [0.15, 0.2) is 23.6 Å². The molecule has 0 spiro atoms. The summed E-state index contributed by atoms with van der Waals surface area (Å²) in [6.07, 6.45) is 1.91. The molecule has 0 atom stereocenters. The highest BCUT2D eigenvalue weighted by Gasteiger charge is 2.10. The zero-order valence-corrected chi connectivity index (χ0v) is 13.3. The number of hydrogen-bond donors (Lipinski definition) is 1. The van der Waals surface area contributed by atoms with Crippen LogP contribution in [0.2, 0.25) is 0 Å². The van der Waals surface area contributed by atoms with E-state index in [1.54, 1.807) is 22.7 Å². The lowest BCUT2D eigenvalue weighted by molar-refractivity contribution is 0.958. The van der Waals surface area contributed by atoms with Crippen LogP contribution in [0.25, 0.3) is 10.2 Å². The molecule has 1 N–H and O–H groups in total. The summed E-state index contributed by atoms with van der Waals surface area (Å²) >= 11 is 3.54. The molecule has 3 rings (SSSR count). The van der Waals surface area contributed by atoms with E-state index in [0.717, 1.165) is 41.2 Å². The molecule has 0 saturated heterocycles. The third-order valence-corrected chi connectivity index (χ3v) is 5.21. The van der Waals surface area contributed by atoms with E-state index >= 15 is 0 Å². The van der Waals surface area contributed by atoms with Gasteiger partial charge in [-0.05, 0) is 23.9 Å². The SMILES string of the molecule is CCc1nc(NCc2cccs2)c2cc(CC)sc2n1. The Morgan fingerprint density at radius 2 is 2.05 bits per heavy atom. The van der Waals surface area contributed by atoms with E-state index in [1.165, 1.54) is 9.75 Å². The number of aryl methyl sites for hydroxylation is 2. The topological polar surface area (TPSA) is 37.8 Å². The van der Waals surface area contributed by atoms with Gasteiger partial charge in [-0.1, -0.05) is 19.9 Å². The molecule has 0 radical (unpaired) electrons. The molecule has 3 aromatic rings. The van der Waals surface area contributed by atoms with E-state index in [-0.39, 0.29) is 0 Å². The normalized spacial score (nSPS) is 11.1. The summed E-state index contributed by atoms with van der Waals surface area (Å²) in [6, 6.07) is 6.44. The highest BCUT2D eigenvalue weighted by molar-refractivity contribution is 7.18. The minimum atomic E-state index is 0.824. The van der Waals surface area contributed by atoms with Gasteiger partial charge in [-0.15, -0.1) is 22.7 Å². The van der Waals surface area contributed by atoms with Crippen molar-refractivity contribution >= 4 is 38.7 Å². The maximum Gasteiger partial charge on any atom is 0.138 e. The molecule has 104 valence electrons. The Bertz CT molecular complexity index is 701. The molecule has 0 aliphatic rings. The largest absolute Gasteiger partial charge is 0.365 e. The molecule has 0 aliphatic heterocycles. The number of aromatic nitrogens is 2. The highest BCUT2D eigenvalue weighted by atomic mass is 32.1. The smallest absolute Gasteiger partial charge is 0.138 e. The van der Waals surface area contributed by atoms with Gasteiger partial charge in [0.2, 0.25) is 0 Å². The van der Waals surface area contributed by atoms with Crippen molar-refractivity contribution in [2.75, 3.05) is 5.32 Å². The summed E-state index contributed by atoms with van der Waals surface area (Å²) in [5, 5.41) is 6.72. The minimum Gasteiger partial charge on any atom is -0.365 e. The Morgan fingerprint density at radius 3 is 2.75 bits per heavy atom. The summed E-state index contributed by atoms with van der Waals surface area (Å²) < 4.78 is 0. The first-order valence-corrected chi connectivity index (χ1v) is 8.55. The van der Waals surface area contributed by atoms with Crippen LogP contribution in [0, 0.1) is 0 Å². The van der Waals surface area contributed by atoms with E-state index in [1.807, 2.05) is 0 Å². The predicted octanol–water partition coefficient (Wildman–Crippen LogP) is 4.49. The molecule has 0 bridgehead atoms. The maximum atomic E-state index is 4.66. The van der Waals surface area contributed by atoms with E-state index < -0.39 is 0 Å². The summed E-state index contributed by atoms with van der Waals surface area (Å²) in [6.45, 7) is 5.10. The fourth-order valence-corrected chi connectivity index (χ4v) is 3.70. The average molecular weight is 303 g/mol. The number of nitrogens with one attached hydrogen (secondary N) is 1. The van der Waals surface area contributed by atoms with Gasteiger partial charge in [0.15, 0.2) is 0 Å². The first kappa shape index (κ1) is 13.5. The van der Waals surface area contributed by atoms with E-state index in [0.29, 0.717) is 0 Å². The van der Waals surface area contributed by atoms with E-state index in [4.69, 9.17) is 0 Å². The van der Waals surface area contributed by atoms with Crippen molar-refractivity contribution in [3.63, 3.8) is 0 Å². The van der Waals surface area contributed by atoms with Gasteiger partial charge in [-0.3, -0.25) is 0 Å². The molecule has 20 heavy (non-hydrogen) atoms. The second-order valence-electron chi connectivity index (χ2n) is 4.56. The van der Waals surface area contributed by atoms with Crippen LogP contribution in [0.5, 0.6) is 0 Å². The van der Waals surface area contributed by atoms with Crippen LogP contribution in [0.3, 0.4) is 0 Å². The van der Waals surface area contributed by atoms with Crippen LogP contribution < -0.4 is 5.32 Å². The Labute approximate surface area is 126 Å². The molecule has 0 aromatic carbocycles. The zero-order chi connectivity index (χ0) is 13.9. The quantitative estimate of drug-likeness (QED) is 0.754. The number of rotatable bonds is 5. The molecule has 0 aliphatic carbocycles. The molecule has 0 unspecified atom stereocenters. The van der Waals surface area contributed by atoms with Crippen LogP contribution in [0.1, 0.15) is 29.4 Å². The van der Waals surface area contributed by atoms with Crippen molar-refractivity contribution in [3.05, 3.63) is 39.2 Å². The van der Waals surface area contributed by atoms with Gasteiger partial charge < -0.3 is 5.32 Å². The van der Waals surface area contributed by atoms with Crippen molar-refractivity contribution in [2.45, 2.75) is 33.2 Å². The minimum absolute atomic E-state index is 0.824. The third-order valence-electron chi connectivity index (χ3n) is 3.16. The fourth-order valence-electron chi connectivity index (χ4n) is 2.07.